The van der Waals surface area contributed by atoms with Crippen LogP contribution in [0.3, 0.4) is 0 Å². The summed E-state index contributed by atoms with van der Waals surface area (Å²) in [7, 11) is 0. The predicted octanol–water partition coefficient (Wildman–Crippen LogP) is 1.60. The van der Waals surface area contributed by atoms with Crippen LogP contribution in [0.25, 0.3) is 0 Å². The zero-order valence-corrected chi connectivity index (χ0v) is 11.4. The van der Waals surface area contributed by atoms with Crippen LogP contribution in [0.2, 0.25) is 0 Å². The molecule has 0 saturated carbocycles. The SMILES string of the molecule is Cc1cnc(C(=O)NCCC(N)c2ccccc2)cn1. The summed E-state index contributed by atoms with van der Waals surface area (Å²) < 4.78 is 0. The normalized spacial score (nSPS) is 11.9. The average Bonchev–Trinajstić information content (AvgIpc) is 2.48. The lowest BCUT2D eigenvalue weighted by Crippen LogP contribution is -2.28. The fraction of sp³-hybridized carbons (Fsp3) is 0.267. The molecular formula is C15H18N4O. The van der Waals surface area contributed by atoms with Crippen molar-refractivity contribution in [2.75, 3.05) is 6.54 Å². The van der Waals surface area contributed by atoms with Crippen molar-refractivity contribution in [2.24, 2.45) is 5.73 Å². The molecule has 0 bridgehead atoms. The Labute approximate surface area is 118 Å². The van der Waals surface area contributed by atoms with Gasteiger partial charge in [-0.15, -0.1) is 0 Å². The van der Waals surface area contributed by atoms with Gasteiger partial charge in [-0.2, -0.15) is 0 Å². The second kappa shape index (κ2) is 6.77. The van der Waals surface area contributed by atoms with Crippen LogP contribution in [-0.4, -0.2) is 22.4 Å². The Morgan fingerprint density at radius 2 is 2.00 bits per heavy atom. The summed E-state index contributed by atoms with van der Waals surface area (Å²) in [5.74, 6) is -0.224. The second-order valence-corrected chi connectivity index (χ2v) is 4.60. The quantitative estimate of drug-likeness (QED) is 0.864. The largest absolute Gasteiger partial charge is 0.351 e. The van der Waals surface area contributed by atoms with E-state index in [0.29, 0.717) is 18.7 Å². The highest BCUT2D eigenvalue weighted by molar-refractivity contribution is 5.91. The summed E-state index contributed by atoms with van der Waals surface area (Å²) >= 11 is 0. The van der Waals surface area contributed by atoms with Gasteiger partial charge in [0.2, 0.25) is 0 Å². The van der Waals surface area contributed by atoms with Gasteiger partial charge in [0.05, 0.1) is 11.9 Å². The molecule has 2 aromatic rings. The van der Waals surface area contributed by atoms with E-state index in [0.717, 1.165) is 11.3 Å². The van der Waals surface area contributed by atoms with Gasteiger partial charge in [0.15, 0.2) is 0 Å². The number of hydrogen-bond acceptors (Lipinski definition) is 4. The summed E-state index contributed by atoms with van der Waals surface area (Å²) in [4.78, 5) is 19.9. The lowest BCUT2D eigenvalue weighted by atomic mass is 10.1. The van der Waals surface area contributed by atoms with Crippen LogP contribution in [0.4, 0.5) is 0 Å². The fourth-order valence-corrected chi connectivity index (χ4v) is 1.81. The molecule has 0 fully saturated rings. The number of nitrogens with one attached hydrogen (secondary N) is 1. The summed E-state index contributed by atoms with van der Waals surface area (Å²) in [5.41, 5.74) is 8.23. The van der Waals surface area contributed by atoms with Crippen molar-refractivity contribution in [1.82, 2.24) is 15.3 Å². The maximum absolute atomic E-state index is 11.8. The van der Waals surface area contributed by atoms with E-state index in [9.17, 15) is 4.79 Å². The van der Waals surface area contributed by atoms with Crippen molar-refractivity contribution in [3.8, 4) is 0 Å². The van der Waals surface area contributed by atoms with Gasteiger partial charge in [0.25, 0.3) is 5.91 Å². The van der Waals surface area contributed by atoms with E-state index < -0.39 is 0 Å². The summed E-state index contributed by atoms with van der Waals surface area (Å²) in [6, 6.07) is 9.75. The Bertz CT molecular complexity index is 554. The van der Waals surface area contributed by atoms with Crippen LogP contribution in [0.1, 0.15) is 34.2 Å². The smallest absolute Gasteiger partial charge is 0.271 e. The monoisotopic (exact) mass is 270 g/mol. The van der Waals surface area contributed by atoms with Crippen LogP contribution in [0.15, 0.2) is 42.7 Å². The molecule has 0 aliphatic rings. The highest BCUT2D eigenvalue weighted by Crippen LogP contribution is 2.12. The molecule has 1 amide bonds. The molecule has 3 N–H and O–H groups in total. The van der Waals surface area contributed by atoms with Crippen LogP contribution in [0, 0.1) is 6.92 Å². The van der Waals surface area contributed by atoms with Gasteiger partial charge >= 0.3 is 0 Å². The molecule has 20 heavy (non-hydrogen) atoms. The van der Waals surface area contributed by atoms with Crippen LogP contribution in [-0.2, 0) is 0 Å². The summed E-state index contributed by atoms with van der Waals surface area (Å²) in [6.07, 6.45) is 3.72. The second-order valence-electron chi connectivity index (χ2n) is 4.60. The molecule has 0 aliphatic carbocycles. The first kappa shape index (κ1) is 14.1. The van der Waals surface area contributed by atoms with Gasteiger partial charge in [-0.3, -0.25) is 9.78 Å². The summed E-state index contributed by atoms with van der Waals surface area (Å²) in [5, 5.41) is 2.80. The minimum Gasteiger partial charge on any atom is -0.351 e. The fourth-order valence-electron chi connectivity index (χ4n) is 1.81. The van der Waals surface area contributed by atoms with Gasteiger partial charge in [0.1, 0.15) is 5.69 Å². The maximum Gasteiger partial charge on any atom is 0.271 e. The number of carbonyl (C=O) groups is 1. The van der Waals surface area contributed by atoms with Crippen LogP contribution < -0.4 is 11.1 Å². The van der Waals surface area contributed by atoms with E-state index in [1.54, 1.807) is 6.20 Å². The zero-order chi connectivity index (χ0) is 14.4. The highest BCUT2D eigenvalue weighted by atomic mass is 16.1. The molecule has 1 unspecified atom stereocenters. The van der Waals surface area contributed by atoms with E-state index in [1.165, 1.54) is 6.20 Å². The third kappa shape index (κ3) is 3.86. The molecule has 0 saturated heterocycles. The van der Waals surface area contributed by atoms with E-state index in [4.69, 9.17) is 5.73 Å². The Morgan fingerprint density at radius 1 is 1.25 bits per heavy atom. The lowest BCUT2D eigenvalue weighted by Gasteiger charge is -2.12. The molecule has 5 nitrogen and oxygen atoms in total. The first-order chi connectivity index (χ1) is 9.66. The molecule has 2 rings (SSSR count). The van der Waals surface area contributed by atoms with E-state index in [2.05, 4.69) is 15.3 Å². The van der Waals surface area contributed by atoms with Gasteiger partial charge in [0, 0.05) is 18.8 Å². The van der Waals surface area contributed by atoms with Crippen molar-refractivity contribution in [2.45, 2.75) is 19.4 Å². The van der Waals surface area contributed by atoms with Crippen LogP contribution >= 0.6 is 0 Å². The standard InChI is InChI=1S/C15H18N4O/c1-11-9-19-14(10-18-11)15(20)17-8-7-13(16)12-5-3-2-4-6-12/h2-6,9-10,13H,7-8,16H2,1H3,(H,17,20). The third-order valence-corrected chi connectivity index (χ3v) is 2.98. The Kier molecular flexibility index (Phi) is 4.79. The number of nitrogens with zero attached hydrogens (tertiary/aromatic N) is 2. The number of nitrogens with two attached hydrogens (primary N) is 1. The molecular weight excluding hydrogens is 252 g/mol. The van der Waals surface area contributed by atoms with Crippen molar-refractivity contribution in [3.05, 3.63) is 59.7 Å². The van der Waals surface area contributed by atoms with E-state index >= 15 is 0 Å². The van der Waals surface area contributed by atoms with Gasteiger partial charge < -0.3 is 11.1 Å². The molecule has 0 spiro atoms. The minimum atomic E-state index is -0.224. The number of rotatable bonds is 5. The molecule has 0 aliphatic heterocycles. The predicted molar refractivity (Wildman–Crippen MR) is 77.1 cm³/mol. The maximum atomic E-state index is 11.8. The molecule has 1 atom stereocenters. The number of carbonyl (C=O) groups excluding carboxylic acids is 1. The third-order valence-electron chi connectivity index (χ3n) is 2.98. The van der Waals surface area contributed by atoms with Gasteiger partial charge in [-0.05, 0) is 18.9 Å². The van der Waals surface area contributed by atoms with Crippen molar-refractivity contribution >= 4 is 5.91 Å². The van der Waals surface area contributed by atoms with Crippen molar-refractivity contribution in [1.29, 1.82) is 0 Å². The number of hydrogen-bond donors (Lipinski definition) is 2. The Morgan fingerprint density at radius 3 is 2.65 bits per heavy atom. The number of aromatic nitrogens is 2. The molecule has 5 heteroatoms. The summed E-state index contributed by atoms with van der Waals surface area (Å²) in [6.45, 7) is 2.33. The number of amides is 1. The molecule has 104 valence electrons. The van der Waals surface area contributed by atoms with Crippen molar-refractivity contribution in [3.63, 3.8) is 0 Å². The Hall–Kier alpha value is -2.27. The first-order valence-corrected chi connectivity index (χ1v) is 6.54. The average molecular weight is 270 g/mol. The van der Waals surface area contributed by atoms with E-state index in [1.807, 2.05) is 37.3 Å². The number of aryl methyl sites for hydroxylation is 1. The van der Waals surface area contributed by atoms with Gasteiger partial charge in [-0.1, -0.05) is 30.3 Å². The van der Waals surface area contributed by atoms with E-state index in [-0.39, 0.29) is 11.9 Å². The van der Waals surface area contributed by atoms with Crippen molar-refractivity contribution < 1.29 is 4.79 Å². The Balaban J connectivity index is 1.81. The molecule has 1 aromatic carbocycles. The minimum absolute atomic E-state index is 0.0828. The molecule has 1 aromatic heterocycles. The zero-order valence-electron chi connectivity index (χ0n) is 11.4. The van der Waals surface area contributed by atoms with Gasteiger partial charge in [-0.25, -0.2) is 4.98 Å². The lowest BCUT2D eigenvalue weighted by molar-refractivity contribution is 0.0947. The highest BCUT2D eigenvalue weighted by Gasteiger charge is 2.09. The topological polar surface area (TPSA) is 80.9 Å². The number of benzene rings is 1. The molecule has 1 heterocycles. The van der Waals surface area contributed by atoms with Crippen LogP contribution in [0.5, 0.6) is 0 Å². The molecule has 0 radical (unpaired) electrons. The first-order valence-electron chi connectivity index (χ1n) is 6.54.